The van der Waals surface area contributed by atoms with Gasteiger partial charge in [0.1, 0.15) is 5.82 Å². The lowest BCUT2D eigenvalue weighted by Gasteiger charge is -2.29. The molecule has 2 rings (SSSR count). The zero-order valence-electron chi connectivity index (χ0n) is 13.0. The standard InChI is InChI=1S/C15H18F4N2O2.ClH/c1-23-9-14(5-2-6-21-14)8-20-13(22)10-3-4-12(16)11(7-10)15(17,18)19;/h3-4,7,21H,2,5-6,8-9H2,1H3,(H,20,22);1H. The van der Waals surface area contributed by atoms with E-state index in [1.807, 2.05) is 0 Å². The minimum Gasteiger partial charge on any atom is -0.383 e. The molecule has 1 heterocycles. The van der Waals surface area contributed by atoms with Crippen molar-refractivity contribution in [2.24, 2.45) is 0 Å². The van der Waals surface area contributed by atoms with E-state index in [2.05, 4.69) is 10.6 Å². The minimum atomic E-state index is -4.84. The highest BCUT2D eigenvalue weighted by atomic mass is 35.5. The Morgan fingerprint density at radius 2 is 2.12 bits per heavy atom. The average molecular weight is 371 g/mol. The van der Waals surface area contributed by atoms with E-state index in [0.29, 0.717) is 18.7 Å². The number of amides is 1. The largest absolute Gasteiger partial charge is 0.419 e. The maximum atomic E-state index is 13.2. The van der Waals surface area contributed by atoms with Gasteiger partial charge in [0.15, 0.2) is 0 Å². The molecule has 0 aliphatic carbocycles. The molecule has 0 saturated carbocycles. The van der Waals surface area contributed by atoms with Crippen LogP contribution >= 0.6 is 12.4 Å². The van der Waals surface area contributed by atoms with Crippen LogP contribution in [-0.4, -0.2) is 38.3 Å². The molecule has 1 aliphatic heterocycles. The summed E-state index contributed by atoms with van der Waals surface area (Å²) in [5.74, 6) is -2.08. The van der Waals surface area contributed by atoms with Crippen LogP contribution in [0, 0.1) is 5.82 Å². The molecule has 1 saturated heterocycles. The van der Waals surface area contributed by atoms with Crippen LogP contribution in [0.5, 0.6) is 0 Å². The fraction of sp³-hybridized carbons (Fsp3) is 0.533. The molecule has 4 nitrogen and oxygen atoms in total. The number of carbonyl (C=O) groups excluding carboxylic acids is 1. The van der Waals surface area contributed by atoms with E-state index in [1.165, 1.54) is 0 Å². The highest BCUT2D eigenvalue weighted by molar-refractivity contribution is 5.94. The summed E-state index contributed by atoms with van der Waals surface area (Å²) < 4.78 is 56.4. The van der Waals surface area contributed by atoms with E-state index < -0.39 is 29.0 Å². The lowest BCUT2D eigenvalue weighted by molar-refractivity contribution is -0.140. The van der Waals surface area contributed by atoms with Crippen LogP contribution in [0.3, 0.4) is 0 Å². The van der Waals surface area contributed by atoms with E-state index in [1.54, 1.807) is 7.11 Å². The first-order chi connectivity index (χ1) is 10.8. The maximum absolute atomic E-state index is 13.2. The summed E-state index contributed by atoms with van der Waals surface area (Å²) in [7, 11) is 1.54. The number of methoxy groups -OCH3 is 1. The molecule has 1 fully saturated rings. The Morgan fingerprint density at radius 3 is 2.67 bits per heavy atom. The van der Waals surface area contributed by atoms with Gasteiger partial charge in [-0.2, -0.15) is 13.2 Å². The van der Waals surface area contributed by atoms with Gasteiger partial charge < -0.3 is 15.4 Å². The fourth-order valence-electron chi connectivity index (χ4n) is 2.71. The number of rotatable bonds is 5. The number of ether oxygens (including phenoxy) is 1. The van der Waals surface area contributed by atoms with Gasteiger partial charge in [-0.05, 0) is 37.6 Å². The van der Waals surface area contributed by atoms with Gasteiger partial charge in [0.05, 0.1) is 17.7 Å². The van der Waals surface area contributed by atoms with Crippen LogP contribution in [0.1, 0.15) is 28.8 Å². The van der Waals surface area contributed by atoms with E-state index in [4.69, 9.17) is 4.74 Å². The van der Waals surface area contributed by atoms with Crippen LogP contribution < -0.4 is 10.6 Å². The van der Waals surface area contributed by atoms with E-state index in [0.717, 1.165) is 25.5 Å². The molecule has 0 spiro atoms. The average Bonchev–Trinajstić information content (AvgIpc) is 2.93. The molecule has 0 aromatic heterocycles. The van der Waals surface area contributed by atoms with Gasteiger partial charge in [-0.25, -0.2) is 4.39 Å². The predicted molar refractivity (Wildman–Crippen MR) is 82.8 cm³/mol. The molecule has 1 amide bonds. The SMILES string of the molecule is COCC1(CNC(=O)c2ccc(F)c(C(F)(F)F)c2)CCCN1.Cl. The van der Waals surface area contributed by atoms with Crippen molar-refractivity contribution >= 4 is 18.3 Å². The monoisotopic (exact) mass is 370 g/mol. The Labute approximate surface area is 143 Å². The molecular weight excluding hydrogens is 352 g/mol. The van der Waals surface area contributed by atoms with Crippen LogP contribution in [0.4, 0.5) is 17.6 Å². The molecule has 1 atom stereocenters. The molecule has 1 unspecified atom stereocenters. The summed E-state index contributed by atoms with van der Waals surface area (Å²) in [4.78, 5) is 12.1. The second kappa shape index (κ2) is 8.13. The predicted octanol–water partition coefficient (Wildman–Crippen LogP) is 2.76. The topological polar surface area (TPSA) is 50.4 Å². The molecule has 24 heavy (non-hydrogen) atoms. The molecule has 136 valence electrons. The third-order valence-corrected chi connectivity index (χ3v) is 3.87. The maximum Gasteiger partial charge on any atom is 0.419 e. The first kappa shape index (κ1) is 20.7. The van der Waals surface area contributed by atoms with Crippen molar-refractivity contribution in [2.75, 3.05) is 26.8 Å². The van der Waals surface area contributed by atoms with E-state index >= 15 is 0 Å². The second-order valence-electron chi connectivity index (χ2n) is 5.62. The minimum absolute atomic E-state index is 0. The first-order valence-electron chi connectivity index (χ1n) is 7.16. The number of alkyl halides is 3. The Kier molecular flexibility index (Phi) is 7.00. The van der Waals surface area contributed by atoms with E-state index in [-0.39, 0.29) is 24.5 Å². The van der Waals surface area contributed by atoms with Gasteiger partial charge in [0, 0.05) is 19.2 Å². The van der Waals surface area contributed by atoms with Crippen LogP contribution in [0.2, 0.25) is 0 Å². The Bertz CT molecular complexity index is 575. The summed E-state index contributed by atoms with van der Waals surface area (Å²) in [6.07, 6.45) is -3.13. The summed E-state index contributed by atoms with van der Waals surface area (Å²) in [5.41, 5.74) is -2.10. The lowest BCUT2D eigenvalue weighted by Crippen LogP contribution is -2.53. The Hall–Kier alpha value is -1.38. The number of carbonyl (C=O) groups is 1. The summed E-state index contributed by atoms with van der Waals surface area (Å²) in [6, 6.07) is 2.21. The van der Waals surface area contributed by atoms with Crippen LogP contribution in [0.15, 0.2) is 18.2 Å². The van der Waals surface area contributed by atoms with Gasteiger partial charge in [-0.1, -0.05) is 0 Å². The van der Waals surface area contributed by atoms with Crippen molar-refractivity contribution in [3.63, 3.8) is 0 Å². The van der Waals surface area contributed by atoms with Gasteiger partial charge in [-0.15, -0.1) is 12.4 Å². The van der Waals surface area contributed by atoms with Gasteiger partial charge in [-0.3, -0.25) is 4.79 Å². The van der Waals surface area contributed by atoms with Crippen LogP contribution in [0.25, 0.3) is 0 Å². The highest BCUT2D eigenvalue weighted by Gasteiger charge is 2.36. The van der Waals surface area contributed by atoms with Crippen LogP contribution in [-0.2, 0) is 10.9 Å². The fourth-order valence-corrected chi connectivity index (χ4v) is 2.71. The van der Waals surface area contributed by atoms with Crippen molar-refractivity contribution in [2.45, 2.75) is 24.6 Å². The first-order valence-corrected chi connectivity index (χ1v) is 7.16. The number of halogens is 5. The van der Waals surface area contributed by atoms with Crippen molar-refractivity contribution in [1.82, 2.24) is 10.6 Å². The summed E-state index contributed by atoms with van der Waals surface area (Å²) >= 11 is 0. The zero-order chi connectivity index (χ0) is 17.1. The third kappa shape index (κ3) is 4.81. The molecule has 1 aromatic rings. The lowest BCUT2D eigenvalue weighted by atomic mass is 9.98. The Morgan fingerprint density at radius 1 is 1.42 bits per heavy atom. The molecule has 1 aliphatic rings. The number of hydrogen-bond donors (Lipinski definition) is 2. The van der Waals surface area contributed by atoms with Crippen molar-refractivity contribution in [3.05, 3.63) is 35.1 Å². The normalized spacial score (nSPS) is 20.5. The second-order valence-corrected chi connectivity index (χ2v) is 5.62. The third-order valence-electron chi connectivity index (χ3n) is 3.87. The highest BCUT2D eigenvalue weighted by Crippen LogP contribution is 2.31. The smallest absolute Gasteiger partial charge is 0.383 e. The zero-order valence-corrected chi connectivity index (χ0v) is 13.8. The van der Waals surface area contributed by atoms with Gasteiger partial charge >= 0.3 is 6.18 Å². The summed E-state index contributed by atoms with van der Waals surface area (Å²) in [6.45, 7) is 1.39. The van der Waals surface area contributed by atoms with Crippen molar-refractivity contribution in [3.8, 4) is 0 Å². The molecule has 9 heteroatoms. The number of nitrogens with one attached hydrogen (secondary N) is 2. The molecule has 0 radical (unpaired) electrons. The van der Waals surface area contributed by atoms with Crippen molar-refractivity contribution in [1.29, 1.82) is 0 Å². The van der Waals surface area contributed by atoms with Gasteiger partial charge in [0.25, 0.3) is 5.91 Å². The number of benzene rings is 1. The van der Waals surface area contributed by atoms with Crippen molar-refractivity contribution < 1.29 is 27.1 Å². The number of hydrogen-bond acceptors (Lipinski definition) is 3. The quantitative estimate of drug-likeness (QED) is 0.784. The Balaban J connectivity index is 0.00000288. The molecule has 2 N–H and O–H groups in total. The van der Waals surface area contributed by atoms with E-state index in [9.17, 15) is 22.4 Å². The molecule has 1 aromatic carbocycles. The van der Waals surface area contributed by atoms with Gasteiger partial charge in [0.2, 0.25) is 0 Å². The molecule has 0 bridgehead atoms. The summed E-state index contributed by atoms with van der Waals surface area (Å²) in [5, 5.41) is 5.84. The molecular formula is C15H19ClF4N2O2.